The van der Waals surface area contributed by atoms with Crippen molar-refractivity contribution in [2.75, 3.05) is 0 Å². The van der Waals surface area contributed by atoms with Gasteiger partial charge in [-0.2, -0.15) is 0 Å². The Kier molecular flexibility index (Phi) is 1.60. The fraction of sp³-hybridized carbons (Fsp3) is 0.125. The Hall–Kier alpha value is -1.85. The predicted octanol–water partition coefficient (Wildman–Crippen LogP) is 1.53. The van der Waals surface area contributed by atoms with Crippen LogP contribution in [0.15, 0.2) is 12.1 Å². The average molecular weight is 202 g/mol. The quantitative estimate of drug-likeness (QED) is 0.701. The van der Waals surface area contributed by atoms with Gasteiger partial charge in [0.05, 0.1) is 5.56 Å². The molecule has 0 bridgehead atoms. The van der Waals surface area contributed by atoms with Gasteiger partial charge in [0.25, 0.3) is 0 Å². The maximum absolute atomic E-state index is 12.5. The highest BCUT2D eigenvalue weighted by Crippen LogP contribution is 2.43. The number of benzene rings is 1. The van der Waals surface area contributed by atoms with E-state index in [0.717, 1.165) is 12.1 Å². The second kappa shape index (κ2) is 2.57. The van der Waals surface area contributed by atoms with Gasteiger partial charge in [0.15, 0.2) is 17.8 Å². The fourth-order valence-corrected chi connectivity index (χ4v) is 1.10. The van der Waals surface area contributed by atoms with Gasteiger partial charge >= 0.3 is 6.29 Å². The van der Waals surface area contributed by atoms with Crippen LogP contribution in [0.5, 0.6) is 17.2 Å². The van der Waals surface area contributed by atoms with E-state index in [1.807, 2.05) is 0 Å². The molecule has 0 spiro atoms. The van der Waals surface area contributed by atoms with Gasteiger partial charge in [0.2, 0.25) is 0 Å². The Morgan fingerprint density at radius 1 is 1.29 bits per heavy atom. The van der Waals surface area contributed by atoms with Crippen LogP contribution in [-0.2, 0) is 0 Å². The number of aromatic hydroxyl groups is 1. The van der Waals surface area contributed by atoms with Crippen LogP contribution in [0.4, 0.5) is 8.78 Å². The third-order valence-corrected chi connectivity index (χ3v) is 1.68. The molecule has 74 valence electrons. The first-order valence-corrected chi connectivity index (χ1v) is 3.60. The summed E-state index contributed by atoms with van der Waals surface area (Å²) < 4.78 is 33.1. The molecule has 0 amide bonds. The minimum Gasteiger partial charge on any atom is -0.507 e. The summed E-state index contributed by atoms with van der Waals surface area (Å²) in [5.41, 5.74) is -0.134. The van der Waals surface area contributed by atoms with Gasteiger partial charge in [-0.05, 0) is 6.07 Å². The molecule has 4 nitrogen and oxygen atoms in total. The Morgan fingerprint density at radius 3 is 2.43 bits per heavy atom. The van der Waals surface area contributed by atoms with Crippen molar-refractivity contribution in [2.45, 2.75) is 6.29 Å². The zero-order valence-electron chi connectivity index (χ0n) is 6.66. The highest BCUT2D eigenvalue weighted by atomic mass is 19.3. The highest BCUT2D eigenvalue weighted by Gasteiger charge is 2.43. The smallest absolute Gasteiger partial charge is 0.507 e. The standard InChI is InChI=1S/C8H4F2O4/c9-8(10)13-6-1-4(3-11)5(12)2-7(6)14-8/h1-3,12H. The van der Waals surface area contributed by atoms with E-state index in [0.29, 0.717) is 6.29 Å². The summed E-state index contributed by atoms with van der Waals surface area (Å²) >= 11 is 0. The second-order valence-corrected chi connectivity index (χ2v) is 2.64. The first kappa shape index (κ1) is 8.74. The molecule has 0 atom stereocenters. The zero-order chi connectivity index (χ0) is 10.3. The molecule has 14 heavy (non-hydrogen) atoms. The highest BCUT2D eigenvalue weighted by molar-refractivity contribution is 5.81. The molecular formula is C8H4F2O4. The molecule has 1 N–H and O–H groups in total. The van der Waals surface area contributed by atoms with E-state index < -0.39 is 12.0 Å². The van der Waals surface area contributed by atoms with Crippen LogP contribution in [0, 0.1) is 0 Å². The minimum atomic E-state index is -3.74. The molecule has 1 aromatic rings. The number of hydrogen-bond donors (Lipinski definition) is 1. The van der Waals surface area contributed by atoms with Crippen LogP contribution in [0.1, 0.15) is 10.4 Å². The van der Waals surface area contributed by atoms with Gasteiger partial charge < -0.3 is 14.6 Å². The number of halogens is 2. The van der Waals surface area contributed by atoms with E-state index in [1.54, 1.807) is 0 Å². The lowest BCUT2D eigenvalue weighted by Crippen LogP contribution is -2.25. The van der Waals surface area contributed by atoms with Gasteiger partial charge in [-0.3, -0.25) is 4.79 Å². The molecule has 1 aliphatic heterocycles. The molecule has 0 aliphatic carbocycles. The van der Waals surface area contributed by atoms with E-state index in [2.05, 4.69) is 9.47 Å². The van der Waals surface area contributed by atoms with Gasteiger partial charge in [-0.1, -0.05) is 0 Å². The monoisotopic (exact) mass is 202 g/mol. The molecule has 1 aliphatic rings. The first-order chi connectivity index (χ1) is 6.52. The summed E-state index contributed by atoms with van der Waals surface area (Å²) in [7, 11) is 0. The maximum atomic E-state index is 12.5. The SMILES string of the molecule is O=Cc1cc2c(cc1O)OC(F)(F)O2. The van der Waals surface area contributed by atoms with Gasteiger partial charge in [-0.15, -0.1) is 8.78 Å². The molecule has 0 saturated carbocycles. The molecule has 0 unspecified atom stereocenters. The zero-order valence-corrected chi connectivity index (χ0v) is 6.66. The maximum Gasteiger partial charge on any atom is 0.586 e. The number of hydrogen-bond acceptors (Lipinski definition) is 4. The van der Waals surface area contributed by atoms with E-state index >= 15 is 0 Å². The number of aldehydes is 1. The number of alkyl halides is 2. The van der Waals surface area contributed by atoms with Crippen molar-refractivity contribution in [2.24, 2.45) is 0 Å². The summed E-state index contributed by atoms with van der Waals surface area (Å²) in [5.74, 6) is -0.993. The van der Waals surface area contributed by atoms with Crippen molar-refractivity contribution in [3.63, 3.8) is 0 Å². The van der Waals surface area contributed by atoms with Gasteiger partial charge in [0.1, 0.15) is 5.75 Å². The summed E-state index contributed by atoms with van der Waals surface area (Å²) in [4.78, 5) is 10.3. The molecule has 0 aromatic heterocycles. The van der Waals surface area contributed by atoms with Crippen molar-refractivity contribution in [1.82, 2.24) is 0 Å². The van der Waals surface area contributed by atoms with E-state index in [1.165, 1.54) is 0 Å². The largest absolute Gasteiger partial charge is 0.586 e. The predicted molar refractivity (Wildman–Crippen MR) is 39.7 cm³/mol. The third-order valence-electron chi connectivity index (χ3n) is 1.68. The number of fused-ring (bicyclic) bond motifs is 1. The van der Waals surface area contributed by atoms with Crippen LogP contribution in [0.2, 0.25) is 0 Å². The Morgan fingerprint density at radius 2 is 1.86 bits per heavy atom. The second-order valence-electron chi connectivity index (χ2n) is 2.64. The lowest BCUT2D eigenvalue weighted by molar-refractivity contribution is -0.286. The van der Waals surface area contributed by atoms with E-state index in [-0.39, 0.29) is 17.1 Å². The Balaban J connectivity index is 2.49. The molecule has 1 aromatic carbocycles. The summed E-state index contributed by atoms with van der Waals surface area (Å²) in [6.45, 7) is 0. The van der Waals surface area contributed by atoms with Crippen molar-refractivity contribution in [3.05, 3.63) is 17.7 Å². The van der Waals surface area contributed by atoms with Crippen LogP contribution in [0.25, 0.3) is 0 Å². The third kappa shape index (κ3) is 1.24. The number of carbonyl (C=O) groups is 1. The topological polar surface area (TPSA) is 55.8 Å². The van der Waals surface area contributed by atoms with E-state index in [4.69, 9.17) is 5.11 Å². The number of carbonyl (C=O) groups excluding carboxylic acids is 1. The van der Waals surface area contributed by atoms with E-state index in [9.17, 15) is 13.6 Å². The van der Waals surface area contributed by atoms with Crippen molar-refractivity contribution in [3.8, 4) is 17.2 Å². The van der Waals surface area contributed by atoms with Gasteiger partial charge in [-0.25, -0.2) is 0 Å². The molecule has 1 heterocycles. The van der Waals surface area contributed by atoms with Crippen LogP contribution in [-0.4, -0.2) is 17.7 Å². The Labute approximate surface area is 76.7 Å². The summed E-state index contributed by atoms with van der Waals surface area (Å²) in [5, 5.41) is 9.13. The number of phenolic OH excluding ortho intramolecular Hbond substituents is 1. The van der Waals surface area contributed by atoms with Crippen molar-refractivity contribution < 1.29 is 28.2 Å². The molecule has 0 fully saturated rings. The first-order valence-electron chi connectivity index (χ1n) is 3.60. The molecular weight excluding hydrogens is 198 g/mol. The van der Waals surface area contributed by atoms with Crippen LogP contribution < -0.4 is 9.47 Å². The fourth-order valence-electron chi connectivity index (χ4n) is 1.10. The number of rotatable bonds is 1. The normalized spacial score (nSPS) is 16.7. The molecule has 0 saturated heterocycles. The van der Waals surface area contributed by atoms with Crippen LogP contribution in [0.3, 0.4) is 0 Å². The minimum absolute atomic E-state index is 0.134. The van der Waals surface area contributed by atoms with Crippen molar-refractivity contribution in [1.29, 1.82) is 0 Å². The van der Waals surface area contributed by atoms with Gasteiger partial charge in [0, 0.05) is 6.07 Å². The average Bonchev–Trinajstić information content (AvgIpc) is 2.36. The number of phenols is 1. The molecule has 2 rings (SSSR count). The summed E-state index contributed by atoms with van der Waals surface area (Å²) in [6, 6.07) is 1.89. The Bertz CT molecular complexity index is 403. The number of ether oxygens (including phenoxy) is 2. The lowest BCUT2D eigenvalue weighted by atomic mass is 10.2. The molecule has 0 radical (unpaired) electrons. The molecule has 6 heteroatoms. The van der Waals surface area contributed by atoms with Crippen molar-refractivity contribution >= 4 is 6.29 Å². The van der Waals surface area contributed by atoms with Crippen LogP contribution >= 0.6 is 0 Å². The summed E-state index contributed by atoms with van der Waals surface area (Å²) in [6.07, 6.45) is -3.41. The lowest BCUT2D eigenvalue weighted by Gasteiger charge is -2.04.